The van der Waals surface area contributed by atoms with E-state index in [1.807, 2.05) is 0 Å². The summed E-state index contributed by atoms with van der Waals surface area (Å²) in [6.07, 6.45) is 6.84. The first-order valence-corrected chi connectivity index (χ1v) is 12.4. The average molecular weight is 457 g/mol. The summed E-state index contributed by atoms with van der Waals surface area (Å²) in [5.74, 6) is -0.706. The zero-order chi connectivity index (χ0) is 21.7. The quantitative estimate of drug-likeness (QED) is 0.662. The fourth-order valence-corrected chi connectivity index (χ4v) is 6.08. The first-order chi connectivity index (χ1) is 14.3. The van der Waals surface area contributed by atoms with Crippen molar-refractivity contribution in [2.45, 2.75) is 62.8 Å². The van der Waals surface area contributed by atoms with Gasteiger partial charge in [-0.05, 0) is 49.8 Å². The minimum absolute atomic E-state index is 0.0498. The van der Waals surface area contributed by atoms with E-state index in [2.05, 4.69) is 12.2 Å². The number of esters is 1. The van der Waals surface area contributed by atoms with Gasteiger partial charge in [-0.25, -0.2) is 13.2 Å². The van der Waals surface area contributed by atoms with Gasteiger partial charge in [0, 0.05) is 19.1 Å². The van der Waals surface area contributed by atoms with Crippen molar-refractivity contribution in [2.75, 3.05) is 19.7 Å². The fourth-order valence-electron chi connectivity index (χ4n) is 4.07. The van der Waals surface area contributed by atoms with E-state index in [9.17, 15) is 18.0 Å². The minimum atomic E-state index is -3.79. The van der Waals surface area contributed by atoms with Gasteiger partial charge in [-0.15, -0.1) is 0 Å². The van der Waals surface area contributed by atoms with Crippen molar-refractivity contribution in [3.8, 4) is 0 Å². The second-order valence-electron chi connectivity index (χ2n) is 8.12. The van der Waals surface area contributed by atoms with E-state index >= 15 is 0 Å². The second kappa shape index (κ2) is 10.1. The van der Waals surface area contributed by atoms with Crippen LogP contribution in [-0.2, 0) is 19.6 Å². The molecule has 0 aromatic heterocycles. The van der Waals surface area contributed by atoms with Gasteiger partial charge in [0.15, 0.2) is 6.61 Å². The van der Waals surface area contributed by atoms with Crippen LogP contribution >= 0.6 is 11.6 Å². The van der Waals surface area contributed by atoms with E-state index in [1.54, 1.807) is 0 Å². The molecule has 0 spiro atoms. The number of sulfonamides is 1. The van der Waals surface area contributed by atoms with Crippen molar-refractivity contribution in [1.29, 1.82) is 0 Å². The molecule has 0 bridgehead atoms. The van der Waals surface area contributed by atoms with Crippen LogP contribution < -0.4 is 5.32 Å². The van der Waals surface area contributed by atoms with E-state index in [0.29, 0.717) is 19.0 Å². The standard InChI is InChI=1S/C21H29ClN2O5S/c1-15-7-3-4-8-18(15)23-20(25)14-29-21(26)16-9-10-17(22)19(13-16)30(27,28)24-11-5-2-6-12-24/h9-10,13,15,18H,2-8,11-12,14H2,1H3,(H,23,25). The van der Waals surface area contributed by atoms with E-state index in [-0.39, 0.29) is 27.4 Å². The molecule has 2 fully saturated rings. The number of hydrogen-bond acceptors (Lipinski definition) is 5. The minimum Gasteiger partial charge on any atom is -0.452 e. The van der Waals surface area contributed by atoms with Gasteiger partial charge in [0.25, 0.3) is 5.91 Å². The van der Waals surface area contributed by atoms with Crippen LogP contribution in [0.1, 0.15) is 62.2 Å². The molecule has 1 aliphatic carbocycles. The molecule has 1 aromatic rings. The number of hydrogen-bond donors (Lipinski definition) is 1. The molecular weight excluding hydrogens is 428 g/mol. The molecular formula is C21H29ClN2O5S. The summed E-state index contributed by atoms with van der Waals surface area (Å²) in [4.78, 5) is 24.5. The lowest BCUT2D eigenvalue weighted by Gasteiger charge is -2.29. The molecule has 1 saturated carbocycles. The number of benzene rings is 1. The zero-order valence-electron chi connectivity index (χ0n) is 17.2. The number of nitrogens with one attached hydrogen (secondary N) is 1. The Morgan fingerprint density at radius 2 is 1.83 bits per heavy atom. The van der Waals surface area contributed by atoms with Crippen LogP contribution in [-0.4, -0.2) is 50.3 Å². The van der Waals surface area contributed by atoms with Crippen molar-refractivity contribution in [1.82, 2.24) is 9.62 Å². The molecule has 3 rings (SSSR count). The van der Waals surface area contributed by atoms with Crippen molar-refractivity contribution in [3.05, 3.63) is 28.8 Å². The third-order valence-corrected chi connectivity index (χ3v) is 8.27. The number of piperidine rings is 1. The van der Waals surface area contributed by atoms with Gasteiger partial charge in [0.2, 0.25) is 10.0 Å². The van der Waals surface area contributed by atoms with Crippen molar-refractivity contribution >= 4 is 33.5 Å². The van der Waals surface area contributed by atoms with Crippen LogP contribution in [0.3, 0.4) is 0 Å². The third-order valence-electron chi connectivity index (χ3n) is 5.89. The zero-order valence-corrected chi connectivity index (χ0v) is 18.8. The van der Waals surface area contributed by atoms with Gasteiger partial charge < -0.3 is 10.1 Å². The lowest BCUT2D eigenvalue weighted by molar-refractivity contribution is -0.125. The molecule has 166 valence electrons. The third kappa shape index (κ3) is 5.53. The number of carbonyl (C=O) groups excluding carboxylic acids is 2. The Bertz CT molecular complexity index is 883. The SMILES string of the molecule is CC1CCCCC1NC(=O)COC(=O)c1ccc(Cl)c(S(=O)(=O)N2CCCCC2)c1. The van der Waals surface area contributed by atoms with Crippen LogP contribution in [0.4, 0.5) is 0 Å². The number of nitrogens with zero attached hydrogens (tertiary/aromatic N) is 1. The highest BCUT2D eigenvalue weighted by Gasteiger charge is 2.29. The van der Waals surface area contributed by atoms with E-state index < -0.39 is 22.6 Å². The topological polar surface area (TPSA) is 92.8 Å². The molecule has 1 aromatic carbocycles. The number of rotatable bonds is 6. The number of halogens is 1. The lowest BCUT2D eigenvalue weighted by Crippen LogP contribution is -2.42. The monoisotopic (exact) mass is 456 g/mol. The van der Waals surface area contributed by atoms with Gasteiger partial charge in [0.1, 0.15) is 4.90 Å². The summed E-state index contributed by atoms with van der Waals surface area (Å²) < 4.78 is 32.4. The summed E-state index contributed by atoms with van der Waals surface area (Å²) >= 11 is 6.13. The second-order valence-corrected chi connectivity index (χ2v) is 10.4. The summed E-state index contributed by atoms with van der Waals surface area (Å²) in [7, 11) is -3.79. The summed E-state index contributed by atoms with van der Waals surface area (Å²) in [5, 5.41) is 2.98. The molecule has 1 amide bonds. The van der Waals surface area contributed by atoms with Crippen LogP contribution in [0.25, 0.3) is 0 Å². The van der Waals surface area contributed by atoms with E-state index in [4.69, 9.17) is 16.3 Å². The molecule has 7 nitrogen and oxygen atoms in total. The Kier molecular flexibility index (Phi) is 7.76. The summed E-state index contributed by atoms with van der Waals surface area (Å²) in [5.41, 5.74) is 0.0498. The molecule has 1 N–H and O–H groups in total. The molecule has 1 saturated heterocycles. The van der Waals surface area contributed by atoms with Crippen LogP contribution in [0.15, 0.2) is 23.1 Å². The maximum Gasteiger partial charge on any atom is 0.338 e. The van der Waals surface area contributed by atoms with Crippen LogP contribution in [0.2, 0.25) is 5.02 Å². The van der Waals surface area contributed by atoms with Crippen molar-refractivity contribution in [3.63, 3.8) is 0 Å². The Balaban J connectivity index is 1.63. The normalized spacial score (nSPS) is 23.0. The molecule has 9 heteroatoms. The van der Waals surface area contributed by atoms with E-state index in [0.717, 1.165) is 38.5 Å². The molecule has 2 atom stereocenters. The predicted octanol–water partition coefficient (Wildman–Crippen LogP) is 3.37. The van der Waals surface area contributed by atoms with Gasteiger partial charge in [-0.2, -0.15) is 4.31 Å². The van der Waals surface area contributed by atoms with Gasteiger partial charge in [-0.3, -0.25) is 4.79 Å². The predicted molar refractivity (Wildman–Crippen MR) is 114 cm³/mol. The first kappa shape index (κ1) is 23.0. The average Bonchev–Trinajstić information content (AvgIpc) is 2.74. The number of ether oxygens (including phenoxy) is 1. The van der Waals surface area contributed by atoms with Crippen LogP contribution in [0.5, 0.6) is 0 Å². The molecule has 0 radical (unpaired) electrons. The highest BCUT2D eigenvalue weighted by Crippen LogP contribution is 2.28. The highest BCUT2D eigenvalue weighted by atomic mass is 35.5. The van der Waals surface area contributed by atoms with Crippen molar-refractivity contribution in [2.24, 2.45) is 5.92 Å². The lowest BCUT2D eigenvalue weighted by atomic mass is 9.86. The molecule has 1 aliphatic heterocycles. The van der Waals surface area contributed by atoms with Crippen LogP contribution in [0, 0.1) is 5.92 Å². The summed E-state index contributed by atoms with van der Waals surface area (Å²) in [6.45, 7) is 2.58. The van der Waals surface area contributed by atoms with Gasteiger partial charge in [-0.1, -0.05) is 37.8 Å². The maximum atomic E-state index is 12.9. The maximum absolute atomic E-state index is 12.9. The van der Waals surface area contributed by atoms with Gasteiger partial charge in [0.05, 0.1) is 10.6 Å². The smallest absolute Gasteiger partial charge is 0.338 e. The first-order valence-electron chi connectivity index (χ1n) is 10.5. The largest absolute Gasteiger partial charge is 0.452 e. The summed E-state index contributed by atoms with van der Waals surface area (Å²) in [6, 6.07) is 4.11. The molecule has 2 aliphatic rings. The fraction of sp³-hybridized carbons (Fsp3) is 0.619. The highest BCUT2D eigenvalue weighted by molar-refractivity contribution is 7.89. The number of carbonyl (C=O) groups is 2. The Morgan fingerprint density at radius 1 is 1.13 bits per heavy atom. The Morgan fingerprint density at radius 3 is 2.53 bits per heavy atom. The van der Waals surface area contributed by atoms with E-state index in [1.165, 1.54) is 28.9 Å². The Hall–Kier alpha value is -1.64. The van der Waals surface area contributed by atoms with Gasteiger partial charge >= 0.3 is 5.97 Å². The number of amides is 1. The molecule has 1 heterocycles. The molecule has 2 unspecified atom stereocenters. The Labute approximate surface area is 183 Å². The van der Waals surface area contributed by atoms with Crippen molar-refractivity contribution < 1.29 is 22.7 Å². The molecule has 30 heavy (non-hydrogen) atoms.